The highest BCUT2D eigenvalue weighted by Gasteiger charge is 2.22. The number of hydrogen-bond donors (Lipinski definition) is 0. The molecule has 3 rings (SSSR count). The van der Waals surface area contributed by atoms with Gasteiger partial charge in [0.25, 0.3) is 5.82 Å². The molecular weight excluding hydrogens is 306 g/mol. The van der Waals surface area contributed by atoms with E-state index in [0.717, 1.165) is 19.0 Å². The van der Waals surface area contributed by atoms with Crippen LogP contribution in [0.4, 0.5) is 0 Å². The number of esters is 1. The molecule has 3 heterocycles. The van der Waals surface area contributed by atoms with Crippen molar-refractivity contribution in [1.82, 2.24) is 24.6 Å². The van der Waals surface area contributed by atoms with Crippen LogP contribution < -0.4 is 0 Å². The second-order valence-electron chi connectivity index (χ2n) is 7.02. The minimum atomic E-state index is -0.482. The number of methoxy groups -OCH3 is 1. The first-order valence-corrected chi connectivity index (χ1v) is 9.17. The van der Waals surface area contributed by atoms with Gasteiger partial charge in [0.2, 0.25) is 0 Å². The number of carbonyl (C=O) groups is 1. The average Bonchev–Trinajstić information content (AvgIpc) is 2.92. The first-order valence-electron chi connectivity index (χ1n) is 9.17. The Morgan fingerprint density at radius 1 is 1.12 bits per heavy atom. The molecule has 0 N–H and O–H groups in total. The number of piperidine rings is 1. The van der Waals surface area contributed by atoms with Crippen LogP contribution in [-0.2, 0) is 11.4 Å². The van der Waals surface area contributed by atoms with E-state index in [0.29, 0.717) is 6.67 Å². The van der Waals surface area contributed by atoms with Crippen LogP contribution in [0.2, 0.25) is 0 Å². The summed E-state index contributed by atoms with van der Waals surface area (Å²) in [6.45, 7) is 6.72. The van der Waals surface area contributed by atoms with Gasteiger partial charge in [-0.25, -0.2) is 14.5 Å². The van der Waals surface area contributed by atoms with Gasteiger partial charge in [-0.05, 0) is 44.7 Å². The van der Waals surface area contributed by atoms with E-state index in [9.17, 15) is 4.79 Å². The Morgan fingerprint density at radius 2 is 1.83 bits per heavy atom. The highest BCUT2D eigenvalue weighted by Crippen LogP contribution is 2.20. The quantitative estimate of drug-likeness (QED) is 0.762. The van der Waals surface area contributed by atoms with Crippen LogP contribution in [-0.4, -0.2) is 70.4 Å². The molecule has 7 nitrogen and oxygen atoms in total. The first-order chi connectivity index (χ1) is 11.7. The maximum Gasteiger partial charge on any atom is 0.377 e. The van der Waals surface area contributed by atoms with Gasteiger partial charge in [0, 0.05) is 19.6 Å². The Balaban J connectivity index is 1.41. The molecule has 0 aromatic carbocycles. The summed E-state index contributed by atoms with van der Waals surface area (Å²) >= 11 is 0. The number of nitrogens with zero attached hydrogens (tertiary/aromatic N) is 5. The van der Waals surface area contributed by atoms with Gasteiger partial charge in [0.15, 0.2) is 0 Å². The van der Waals surface area contributed by atoms with E-state index in [1.807, 2.05) is 0 Å². The van der Waals surface area contributed by atoms with Crippen molar-refractivity contribution in [3.63, 3.8) is 0 Å². The van der Waals surface area contributed by atoms with Crippen LogP contribution in [0.3, 0.4) is 0 Å². The zero-order chi connectivity index (χ0) is 16.8. The number of aromatic nitrogens is 3. The Hall–Kier alpha value is -1.47. The fraction of sp³-hybridized carbons (Fsp3) is 0.824. The molecule has 0 radical (unpaired) electrons. The summed E-state index contributed by atoms with van der Waals surface area (Å²) in [7, 11) is 1.35. The van der Waals surface area contributed by atoms with E-state index < -0.39 is 5.97 Å². The van der Waals surface area contributed by atoms with Crippen molar-refractivity contribution in [2.75, 3.05) is 39.8 Å². The van der Waals surface area contributed by atoms with Crippen LogP contribution in [0.25, 0.3) is 0 Å². The molecule has 2 fully saturated rings. The molecule has 7 heteroatoms. The van der Waals surface area contributed by atoms with Crippen LogP contribution in [0.1, 0.15) is 49.1 Å². The first kappa shape index (κ1) is 17.4. The van der Waals surface area contributed by atoms with Crippen molar-refractivity contribution in [2.45, 2.75) is 45.2 Å². The van der Waals surface area contributed by atoms with E-state index in [4.69, 9.17) is 0 Å². The maximum absolute atomic E-state index is 11.4. The summed E-state index contributed by atoms with van der Waals surface area (Å²) < 4.78 is 6.36. The summed E-state index contributed by atoms with van der Waals surface area (Å²) in [5.74, 6) is 0.471. The molecule has 0 spiro atoms. The smallest absolute Gasteiger partial charge is 0.377 e. The molecular formula is C17H29N5O2. The predicted octanol–water partition coefficient (Wildman–Crippen LogP) is 1.61. The molecule has 2 saturated heterocycles. The Kier molecular flexibility index (Phi) is 6.20. The van der Waals surface area contributed by atoms with Gasteiger partial charge in [-0.15, -0.1) is 5.10 Å². The third kappa shape index (κ3) is 4.77. The number of rotatable bonds is 5. The molecule has 24 heavy (non-hydrogen) atoms. The van der Waals surface area contributed by atoms with E-state index >= 15 is 0 Å². The van der Waals surface area contributed by atoms with Crippen LogP contribution in [0, 0.1) is 5.92 Å². The fourth-order valence-corrected chi connectivity index (χ4v) is 3.75. The molecule has 1 aromatic heterocycles. The lowest BCUT2D eigenvalue weighted by molar-refractivity contribution is 0.0585. The van der Waals surface area contributed by atoms with Crippen LogP contribution in [0.5, 0.6) is 0 Å². The lowest BCUT2D eigenvalue weighted by Gasteiger charge is -2.34. The summed E-state index contributed by atoms with van der Waals surface area (Å²) in [5.41, 5.74) is 0. The summed E-state index contributed by atoms with van der Waals surface area (Å²) in [4.78, 5) is 20.5. The zero-order valence-electron chi connectivity index (χ0n) is 14.7. The highest BCUT2D eigenvalue weighted by molar-refractivity contribution is 5.84. The van der Waals surface area contributed by atoms with E-state index in [1.165, 1.54) is 65.3 Å². The maximum atomic E-state index is 11.4. The molecule has 2 aliphatic heterocycles. The van der Waals surface area contributed by atoms with Gasteiger partial charge in [0.1, 0.15) is 6.33 Å². The van der Waals surface area contributed by atoms with Gasteiger partial charge in [-0.3, -0.25) is 4.90 Å². The van der Waals surface area contributed by atoms with Gasteiger partial charge >= 0.3 is 5.97 Å². The van der Waals surface area contributed by atoms with Crippen LogP contribution in [0.15, 0.2) is 6.33 Å². The van der Waals surface area contributed by atoms with Gasteiger partial charge in [-0.2, -0.15) is 0 Å². The molecule has 134 valence electrons. The third-order valence-corrected chi connectivity index (χ3v) is 5.17. The van der Waals surface area contributed by atoms with Crippen molar-refractivity contribution in [2.24, 2.45) is 5.92 Å². The lowest BCUT2D eigenvalue weighted by atomic mass is 9.96. The molecule has 0 saturated carbocycles. The minimum absolute atomic E-state index is 0.133. The number of carbonyl (C=O) groups excluding carboxylic acids is 1. The minimum Gasteiger partial charge on any atom is -0.463 e. The van der Waals surface area contributed by atoms with Crippen molar-refractivity contribution < 1.29 is 9.53 Å². The van der Waals surface area contributed by atoms with Gasteiger partial charge in [-0.1, -0.05) is 12.8 Å². The second-order valence-corrected chi connectivity index (χ2v) is 7.02. The van der Waals surface area contributed by atoms with E-state index in [2.05, 4.69) is 24.6 Å². The molecule has 2 aliphatic rings. The van der Waals surface area contributed by atoms with Crippen molar-refractivity contribution in [1.29, 1.82) is 0 Å². The normalized spacial score (nSPS) is 21.5. The van der Waals surface area contributed by atoms with Gasteiger partial charge in [0.05, 0.1) is 13.8 Å². The molecule has 0 unspecified atom stereocenters. The van der Waals surface area contributed by atoms with Gasteiger partial charge < -0.3 is 9.64 Å². The molecule has 0 amide bonds. The molecule has 0 aliphatic carbocycles. The topological polar surface area (TPSA) is 63.5 Å². The monoisotopic (exact) mass is 335 g/mol. The number of hydrogen-bond acceptors (Lipinski definition) is 6. The largest absolute Gasteiger partial charge is 0.463 e. The zero-order valence-corrected chi connectivity index (χ0v) is 14.7. The Bertz CT molecular complexity index is 517. The van der Waals surface area contributed by atoms with E-state index in [1.54, 1.807) is 11.0 Å². The van der Waals surface area contributed by atoms with Crippen molar-refractivity contribution in [3.8, 4) is 0 Å². The number of likely N-dealkylation sites (tertiary alicyclic amines) is 2. The fourth-order valence-electron chi connectivity index (χ4n) is 3.75. The highest BCUT2D eigenvalue weighted by atomic mass is 16.5. The molecule has 1 aromatic rings. The summed E-state index contributed by atoms with van der Waals surface area (Å²) in [6, 6.07) is 0. The SMILES string of the molecule is COC(=O)c1ncn(CN2CCC(CN3CCCCCC3)CC2)n1. The Morgan fingerprint density at radius 3 is 2.50 bits per heavy atom. The van der Waals surface area contributed by atoms with Crippen molar-refractivity contribution >= 4 is 5.97 Å². The number of ether oxygens (including phenoxy) is 1. The second kappa shape index (κ2) is 8.58. The predicted molar refractivity (Wildman–Crippen MR) is 90.6 cm³/mol. The van der Waals surface area contributed by atoms with Crippen molar-refractivity contribution in [3.05, 3.63) is 12.2 Å². The van der Waals surface area contributed by atoms with E-state index in [-0.39, 0.29) is 5.82 Å². The lowest BCUT2D eigenvalue weighted by Crippen LogP contribution is -2.39. The molecule has 0 atom stereocenters. The third-order valence-electron chi connectivity index (χ3n) is 5.17. The average molecular weight is 335 g/mol. The Labute approximate surface area is 144 Å². The summed E-state index contributed by atoms with van der Waals surface area (Å²) in [6.07, 6.45) is 9.64. The standard InChI is InChI=1S/C17H29N5O2/c1-24-17(23)16-18-13-22(19-16)14-21-10-6-15(7-11-21)12-20-8-4-2-3-5-9-20/h13,15H,2-12,14H2,1H3. The summed E-state index contributed by atoms with van der Waals surface area (Å²) in [5, 5.41) is 4.18. The van der Waals surface area contributed by atoms with Crippen LogP contribution >= 0.6 is 0 Å². The molecule has 0 bridgehead atoms.